The van der Waals surface area contributed by atoms with Crippen LogP contribution in [0.1, 0.15) is 6.92 Å². The number of anilines is 1. The predicted octanol–water partition coefficient (Wildman–Crippen LogP) is 2.26. The standard InChI is InChI=1S/C9H8FNOS/c1-5-9(12)13-8-3-2-6(10)4-7(8)11-5/h2-5,11H,1H3. The molecule has 1 aliphatic heterocycles. The summed E-state index contributed by atoms with van der Waals surface area (Å²) in [6.07, 6.45) is 0. The Morgan fingerprint density at radius 3 is 3.08 bits per heavy atom. The Morgan fingerprint density at radius 2 is 2.31 bits per heavy atom. The fraction of sp³-hybridized carbons (Fsp3) is 0.222. The third-order valence-corrected chi connectivity index (χ3v) is 3.01. The van der Waals surface area contributed by atoms with E-state index in [0.717, 1.165) is 16.7 Å². The first-order valence-corrected chi connectivity index (χ1v) is 4.76. The van der Waals surface area contributed by atoms with Crippen molar-refractivity contribution in [2.24, 2.45) is 0 Å². The molecule has 13 heavy (non-hydrogen) atoms. The first kappa shape index (κ1) is 8.56. The minimum absolute atomic E-state index is 0.0686. The van der Waals surface area contributed by atoms with E-state index in [1.54, 1.807) is 13.0 Å². The van der Waals surface area contributed by atoms with E-state index in [2.05, 4.69) is 5.32 Å². The summed E-state index contributed by atoms with van der Waals surface area (Å²) in [5.74, 6) is -0.284. The zero-order valence-corrected chi connectivity index (χ0v) is 7.82. The number of hydrogen-bond donors (Lipinski definition) is 1. The highest BCUT2D eigenvalue weighted by Gasteiger charge is 2.22. The molecule has 1 aromatic rings. The van der Waals surface area contributed by atoms with Crippen molar-refractivity contribution in [3.05, 3.63) is 24.0 Å². The van der Waals surface area contributed by atoms with E-state index in [1.807, 2.05) is 0 Å². The number of carbonyl (C=O) groups excluding carboxylic acids is 1. The fourth-order valence-electron chi connectivity index (χ4n) is 1.19. The number of fused-ring (bicyclic) bond motifs is 1. The van der Waals surface area contributed by atoms with E-state index in [9.17, 15) is 9.18 Å². The van der Waals surface area contributed by atoms with Crippen LogP contribution in [0.25, 0.3) is 0 Å². The lowest BCUT2D eigenvalue weighted by atomic mass is 10.2. The molecule has 0 saturated carbocycles. The number of carbonyl (C=O) groups is 1. The van der Waals surface area contributed by atoms with Crippen LogP contribution in [0.3, 0.4) is 0 Å². The Kier molecular flexibility index (Phi) is 2.00. The molecular weight excluding hydrogens is 189 g/mol. The second-order valence-electron chi connectivity index (χ2n) is 2.93. The molecule has 2 rings (SSSR count). The first-order chi connectivity index (χ1) is 6.16. The number of benzene rings is 1. The Bertz CT molecular complexity index is 367. The molecule has 1 unspecified atom stereocenters. The lowest BCUT2D eigenvalue weighted by molar-refractivity contribution is -0.111. The van der Waals surface area contributed by atoms with E-state index in [-0.39, 0.29) is 17.0 Å². The normalized spacial score (nSPS) is 20.8. The average molecular weight is 197 g/mol. The number of nitrogens with one attached hydrogen (secondary N) is 1. The SMILES string of the molecule is CC1Nc2cc(F)ccc2SC1=O. The number of hydrogen-bond acceptors (Lipinski definition) is 3. The number of thioether (sulfide) groups is 1. The van der Waals surface area contributed by atoms with Gasteiger partial charge in [0.2, 0.25) is 5.12 Å². The highest BCUT2D eigenvalue weighted by atomic mass is 32.2. The van der Waals surface area contributed by atoms with Crippen molar-refractivity contribution in [2.75, 3.05) is 5.32 Å². The third kappa shape index (κ3) is 1.54. The van der Waals surface area contributed by atoms with Gasteiger partial charge in [-0.1, -0.05) is 0 Å². The van der Waals surface area contributed by atoms with Gasteiger partial charge in [0.15, 0.2) is 0 Å². The molecular formula is C9H8FNOS. The molecule has 1 heterocycles. The van der Waals surface area contributed by atoms with E-state index in [1.165, 1.54) is 12.1 Å². The summed E-state index contributed by atoms with van der Waals surface area (Å²) in [6.45, 7) is 1.77. The summed E-state index contributed by atoms with van der Waals surface area (Å²) in [5.41, 5.74) is 0.706. The van der Waals surface area contributed by atoms with Crippen LogP contribution in [-0.2, 0) is 4.79 Å². The van der Waals surface area contributed by atoms with Gasteiger partial charge in [0.25, 0.3) is 0 Å². The van der Waals surface area contributed by atoms with Gasteiger partial charge in [-0.25, -0.2) is 4.39 Å². The highest BCUT2D eigenvalue weighted by molar-refractivity contribution is 8.14. The second-order valence-corrected chi connectivity index (χ2v) is 3.97. The largest absolute Gasteiger partial charge is 0.374 e. The van der Waals surface area contributed by atoms with Gasteiger partial charge >= 0.3 is 0 Å². The van der Waals surface area contributed by atoms with Gasteiger partial charge in [0.1, 0.15) is 5.82 Å². The minimum Gasteiger partial charge on any atom is -0.374 e. The van der Waals surface area contributed by atoms with Crippen LogP contribution in [0.4, 0.5) is 10.1 Å². The third-order valence-electron chi connectivity index (χ3n) is 1.88. The van der Waals surface area contributed by atoms with Crippen molar-refractivity contribution in [1.82, 2.24) is 0 Å². The summed E-state index contributed by atoms with van der Waals surface area (Å²) in [4.78, 5) is 12.0. The quantitative estimate of drug-likeness (QED) is 0.691. The molecule has 1 aliphatic rings. The van der Waals surface area contributed by atoms with E-state index in [0.29, 0.717) is 5.69 Å². The van der Waals surface area contributed by atoms with Crippen molar-refractivity contribution >= 4 is 22.6 Å². The molecule has 2 nitrogen and oxygen atoms in total. The Labute approximate surface area is 79.5 Å². The number of rotatable bonds is 0. The van der Waals surface area contributed by atoms with Crippen molar-refractivity contribution in [2.45, 2.75) is 17.9 Å². The molecule has 1 N–H and O–H groups in total. The molecule has 0 amide bonds. The van der Waals surface area contributed by atoms with Crippen molar-refractivity contribution in [3.8, 4) is 0 Å². The Balaban J connectivity index is 2.42. The van der Waals surface area contributed by atoms with Crippen molar-refractivity contribution < 1.29 is 9.18 Å². The predicted molar refractivity (Wildman–Crippen MR) is 50.3 cm³/mol. The molecule has 0 saturated heterocycles. The topological polar surface area (TPSA) is 29.1 Å². The maximum atomic E-state index is 12.8. The van der Waals surface area contributed by atoms with E-state index in [4.69, 9.17) is 0 Å². The van der Waals surface area contributed by atoms with Crippen molar-refractivity contribution in [1.29, 1.82) is 0 Å². The summed E-state index contributed by atoms with van der Waals surface area (Å²) < 4.78 is 12.8. The summed E-state index contributed by atoms with van der Waals surface area (Å²) >= 11 is 1.16. The van der Waals surface area contributed by atoms with Crippen LogP contribution in [0.5, 0.6) is 0 Å². The zero-order valence-electron chi connectivity index (χ0n) is 7.00. The van der Waals surface area contributed by atoms with Crippen LogP contribution >= 0.6 is 11.8 Å². The lowest BCUT2D eigenvalue weighted by Gasteiger charge is -2.21. The molecule has 0 bridgehead atoms. The fourth-order valence-corrected chi connectivity index (χ4v) is 2.01. The molecule has 1 atom stereocenters. The molecule has 0 spiro atoms. The van der Waals surface area contributed by atoms with Crippen LogP contribution in [0.15, 0.2) is 23.1 Å². The lowest BCUT2D eigenvalue weighted by Crippen LogP contribution is -2.27. The second kappa shape index (κ2) is 3.03. The van der Waals surface area contributed by atoms with Crippen LogP contribution < -0.4 is 5.32 Å². The Morgan fingerprint density at radius 1 is 1.54 bits per heavy atom. The zero-order chi connectivity index (χ0) is 9.42. The van der Waals surface area contributed by atoms with Crippen molar-refractivity contribution in [3.63, 3.8) is 0 Å². The molecule has 0 aromatic heterocycles. The summed E-state index contributed by atoms with van der Waals surface area (Å²) in [7, 11) is 0. The average Bonchev–Trinajstić information content (AvgIpc) is 2.08. The van der Waals surface area contributed by atoms with Gasteiger partial charge in [0.05, 0.1) is 11.7 Å². The summed E-state index contributed by atoms with van der Waals surface area (Å²) in [6, 6.07) is 4.15. The smallest absolute Gasteiger partial charge is 0.215 e. The Hall–Kier alpha value is -1.03. The van der Waals surface area contributed by atoms with Gasteiger partial charge in [-0.3, -0.25) is 4.79 Å². The first-order valence-electron chi connectivity index (χ1n) is 3.94. The van der Waals surface area contributed by atoms with Crippen LogP contribution in [0.2, 0.25) is 0 Å². The maximum Gasteiger partial charge on any atom is 0.215 e. The van der Waals surface area contributed by atoms with Gasteiger partial charge in [0, 0.05) is 4.90 Å². The molecule has 4 heteroatoms. The summed E-state index contributed by atoms with van der Waals surface area (Å²) in [5, 5.41) is 3.01. The van der Waals surface area contributed by atoms with E-state index >= 15 is 0 Å². The van der Waals surface area contributed by atoms with Gasteiger partial charge in [-0.15, -0.1) is 0 Å². The van der Waals surface area contributed by atoms with E-state index < -0.39 is 0 Å². The van der Waals surface area contributed by atoms with Gasteiger partial charge in [-0.2, -0.15) is 0 Å². The number of halogens is 1. The van der Waals surface area contributed by atoms with Crippen LogP contribution in [0, 0.1) is 5.82 Å². The molecule has 1 aromatic carbocycles. The maximum absolute atomic E-state index is 12.8. The van der Waals surface area contributed by atoms with Crippen LogP contribution in [-0.4, -0.2) is 11.2 Å². The van der Waals surface area contributed by atoms with Gasteiger partial charge in [-0.05, 0) is 36.9 Å². The molecule has 0 aliphatic carbocycles. The minimum atomic E-state index is -0.284. The van der Waals surface area contributed by atoms with Gasteiger partial charge < -0.3 is 5.32 Å². The molecule has 0 radical (unpaired) electrons. The molecule has 68 valence electrons. The highest BCUT2D eigenvalue weighted by Crippen LogP contribution is 2.34. The monoisotopic (exact) mass is 197 g/mol. The molecule has 0 fully saturated rings.